The van der Waals surface area contributed by atoms with Crippen LogP contribution in [0.2, 0.25) is 0 Å². The molecule has 3 nitrogen and oxygen atoms in total. The highest BCUT2D eigenvalue weighted by molar-refractivity contribution is 5.26. The first-order valence-corrected chi connectivity index (χ1v) is 8.21. The van der Waals surface area contributed by atoms with Crippen molar-refractivity contribution in [1.29, 1.82) is 0 Å². The van der Waals surface area contributed by atoms with E-state index in [-0.39, 0.29) is 0 Å². The molecule has 2 rings (SSSR count). The van der Waals surface area contributed by atoms with Gasteiger partial charge in [-0.05, 0) is 75.5 Å². The Morgan fingerprint density at radius 2 is 2.10 bits per heavy atom. The van der Waals surface area contributed by atoms with Crippen LogP contribution < -0.4 is 10.1 Å². The lowest BCUT2D eigenvalue weighted by molar-refractivity contribution is 0.229. The Bertz CT molecular complexity index is 398. The van der Waals surface area contributed by atoms with Crippen LogP contribution in [0.15, 0.2) is 24.3 Å². The maximum absolute atomic E-state index is 5.20. The Kier molecular flexibility index (Phi) is 6.52. The van der Waals surface area contributed by atoms with Crippen molar-refractivity contribution in [3.8, 4) is 5.75 Å². The van der Waals surface area contributed by atoms with Crippen molar-refractivity contribution in [2.24, 2.45) is 11.8 Å². The van der Waals surface area contributed by atoms with Crippen molar-refractivity contribution in [2.75, 3.05) is 33.8 Å². The largest absolute Gasteiger partial charge is 0.497 e. The number of ether oxygens (including phenoxy) is 1. The molecule has 1 heterocycles. The van der Waals surface area contributed by atoms with Gasteiger partial charge in [0.2, 0.25) is 0 Å². The molecule has 1 saturated heterocycles. The molecule has 0 bridgehead atoms. The third kappa shape index (κ3) is 5.33. The summed E-state index contributed by atoms with van der Waals surface area (Å²) in [5, 5.41) is 3.53. The monoisotopic (exact) mass is 290 g/mol. The molecule has 2 unspecified atom stereocenters. The Balaban J connectivity index is 1.71. The molecule has 1 aromatic carbocycles. The smallest absolute Gasteiger partial charge is 0.118 e. The summed E-state index contributed by atoms with van der Waals surface area (Å²) in [5.74, 6) is 2.61. The predicted octanol–water partition coefficient (Wildman–Crippen LogP) is 3.15. The SMILES string of the molecule is COc1ccc(CN(C)CCC(C)C2CCCNC2)cc1. The van der Waals surface area contributed by atoms with E-state index in [9.17, 15) is 0 Å². The van der Waals surface area contributed by atoms with Gasteiger partial charge >= 0.3 is 0 Å². The van der Waals surface area contributed by atoms with Gasteiger partial charge in [0, 0.05) is 6.54 Å². The molecule has 0 radical (unpaired) electrons. The lowest BCUT2D eigenvalue weighted by Crippen LogP contribution is -2.34. The van der Waals surface area contributed by atoms with Crippen molar-refractivity contribution >= 4 is 0 Å². The van der Waals surface area contributed by atoms with Crippen molar-refractivity contribution in [3.63, 3.8) is 0 Å². The number of benzene rings is 1. The molecule has 118 valence electrons. The molecule has 0 saturated carbocycles. The molecule has 1 aliphatic rings. The van der Waals surface area contributed by atoms with Crippen LogP contribution in [0, 0.1) is 11.8 Å². The van der Waals surface area contributed by atoms with Gasteiger partial charge in [0.25, 0.3) is 0 Å². The molecular weight excluding hydrogens is 260 g/mol. The first-order valence-electron chi connectivity index (χ1n) is 8.21. The molecule has 1 aliphatic heterocycles. The summed E-state index contributed by atoms with van der Waals surface area (Å²) < 4.78 is 5.20. The van der Waals surface area contributed by atoms with E-state index in [1.807, 2.05) is 12.1 Å². The maximum Gasteiger partial charge on any atom is 0.118 e. The Hall–Kier alpha value is -1.06. The molecular formula is C18H30N2O. The fourth-order valence-electron chi connectivity index (χ4n) is 3.15. The summed E-state index contributed by atoms with van der Waals surface area (Å²) in [6.07, 6.45) is 4.03. The zero-order valence-electron chi connectivity index (χ0n) is 13.8. The van der Waals surface area contributed by atoms with E-state index in [2.05, 4.69) is 36.3 Å². The number of nitrogens with zero attached hydrogens (tertiary/aromatic N) is 1. The Morgan fingerprint density at radius 1 is 1.33 bits per heavy atom. The van der Waals surface area contributed by atoms with E-state index in [0.29, 0.717) is 0 Å². The molecule has 3 heteroatoms. The van der Waals surface area contributed by atoms with Gasteiger partial charge in [0.15, 0.2) is 0 Å². The van der Waals surface area contributed by atoms with E-state index in [0.717, 1.165) is 24.1 Å². The van der Waals surface area contributed by atoms with Gasteiger partial charge in [-0.1, -0.05) is 19.1 Å². The number of hydrogen-bond donors (Lipinski definition) is 1. The second kappa shape index (κ2) is 8.40. The first kappa shape index (κ1) is 16.3. The fourth-order valence-corrected chi connectivity index (χ4v) is 3.15. The standard InChI is InChI=1S/C18H30N2O/c1-15(17-5-4-11-19-13-17)10-12-20(2)14-16-6-8-18(21-3)9-7-16/h6-9,15,17,19H,4-5,10-14H2,1-3H3. The van der Waals surface area contributed by atoms with Gasteiger partial charge in [-0.3, -0.25) is 0 Å². The van der Waals surface area contributed by atoms with Crippen LogP contribution in [0.1, 0.15) is 31.7 Å². The van der Waals surface area contributed by atoms with Gasteiger partial charge in [-0.15, -0.1) is 0 Å². The van der Waals surface area contributed by atoms with Crippen LogP contribution in [0.3, 0.4) is 0 Å². The van der Waals surface area contributed by atoms with E-state index in [1.54, 1.807) is 7.11 Å². The van der Waals surface area contributed by atoms with E-state index in [1.165, 1.54) is 44.5 Å². The average molecular weight is 290 g/mol. The van der Waals surface area contributed by atoms with Gasteiger partial charge in [-0.2, -0.15) is 0 Å². The lowest BCUT2D eigenvalue weighted by Gasteiger charge is -2.29. The normalized spacial score (nSPS) is 20.5. The van der Waals surface area contributed by atoms with Gasteiger partial charge in [0.1, 0.15) is 5.75 Å². The Labute approximate surface area is 129 Å². The molecule has 1 aromatic rings. The van der Waals surface area contributed by atoms with Crippen molar-refractivity contribution in [2.45, 2.75) is 32.7 Å². The molecule has 21 heavy (non-hydrogen) atoms. The third-order valence-electron chi connectivity index (χ3n) is 4.72. The molecule has 1 fully saturated rings. The molecule has 1 N–H and O–H groups in total. The summed E-state index contributed by atoms with van der Waals surface area (Å²) in [6, 6.07) is 8.40. The summed E-state index contributed by atoms with van der Waals surface area (Å²) >= 11 is 0. The molecule has 0 spiro atoms. The van der Waals surface area contributed by atoms with Crippen LogP contribution in [-0.4, -0.2) is 38.7 Å². The number of rotatable bonds is 7. The minimum atomic E-state index is 0.816. The van der Waals surface area contributed by atoms with Crippen LogP contribution in [0.4, 0.5) is 0 Å². The van der Waals surface area contributed by atoms with Crippen LogP contribution in [-0.2, 0) is 6.54 Å². The first-order chi connectivity index (χ1) is 10.2. The molecule has 0 aliphatic carbocycles. The van der Waals surface area contributed by atoms with E-state index in [4.69, 9.17) is 4.74 Å². The van der Waals surface area contributed by atoms with Crippen molar-refractivity contribution in [3.05, 3.63) is 29.8 Å². The highest BCUT2D eigenvalue weighted by Crippen LogP contribution is 2.22. The Morgan fingerprint density at radius 3 is 2.71 bits per heavy atom. The number of piperidine rings is 1. The quantitative estimate of drug-likeness (QED) is 0.835. The summed E-state index contributed by atoms with van der Waals surface area (Å²) in [4.78, 5) is 2.43. The minimum absolute atomic E-state index is 0.816. The predicted molar refractivity (Wildman–Crippen MR) is 88.7 cm³/mol. The molecule has 2 atom stereocenters. The zero-order chi connectivity index (χ0) is 15.1. The minimum Gasteiger partial charge on any atom is -0.497 e. The molecule has 0 aromatic heterocycles. The van der Waals surface area contributed by atoms with E-state index < -0.39 is 0 Å². The maximum atomic E-state index is 5.20. The molecule has 0 amide bonds. The van der Waals surface area contributed by atoms with Gasteiger partial charge < -0.3 is 15.0 Å². The fraction of sp³-hybridized carbons (Fsp3) is 0.667. The summed E-state index contributed by atoms with van der Waals surface area (Å²) in [5.41, 5.74) is 1.35. The number of hydrogen-bond acceptors (Lipinski definition) is 3. The van der Waals surface area contributed by atoms with Crippen molar-refractivity contribution < 1.29 is 4.74 Å². The highest BCUT2D eigenvalue weighted by Gasteiger charge is 2.19. The summed E-state index contributed by atoms with van der Waals surface area (Å²) in [7, 11) is 3.93. The third-order valence-corrected chi connectivity index (χ3v) is 4.72. The van der Waals surface area contributed by atoms with E-state index >= 15 is 0 Å². The topological polar surface area (TPSA) is 24.5 Å². The van der Waals surface area contributed by atoms with Crippen LogP contribution in [0.5, 0.6) is 5.75 Å². The van der Waals surface area contributed by atoms with Crippen LogP contribution in [0.25, 0.3) is 0 Å². The lowest BCUT2D eigenvalue weighted by atomic mass is 9.85. The van der Waals surface area contributed by atoms with Crippen molar-refractivity contribution in [1.82, 2.24) is 10.2 Å². The number of methoxy groups -OCH3 is 1. The highest BCUT2D eigenvalue weighted by atomic mass is 16.5. The zero-order valence-corrected chi connectivity index (χ0v) is 13.8. The van der Waals surface area contributed by atoms with Crippen LogP contribution >= 0.6 is 0 Å². The summed E-state index contributed by atoms with van der Waals surface area (Å²) in [6.45, 7) is 7.02. The second-order valence-electron chi connectivity index (χ2n) is 6.46. The van der Waals surface area contributed by atoms with Gasteiger partial charge in [-0.25, -0.2) is 0 Å². The number of nitrogens with one attached hydrogen (secondary N) is 1. The average Bonchev–Trinajstić information content (AvgIpc) is 2.54. The second-order valence-corrected chi connectivity index (χ2v) is 6.46. The van der Waals surface area contributed by atoms with Gasteiger partial charge in [0.05, 0.1) is 7.11 Å².